The zero-order valence-corrected chi connectivity index (χ0v) is 15.3. The van der Waals surface area contributed by atoms with Gasteiger partial charge in [-0.2, -0.15) is 10.2 Å². The molecule has 1 aromatic carbocycles. The molecule has 0 saturated heterocycles. The lowest BCUT2D eigenvalue weighted by atomic mass is 10.3. The number of hydrogen-bond donors (Lipinski definition) is 2. The molecular formula is C19H22N6O2. The lowest BCUT2D eigenvalue weighted by Gasteiger charge is -2.06. The normalized spacial score (nSPS) is 10.7. The van der Waals surface area contributed by atoms with Crippen molar-refractivity contribution in [1.82, 2.24) is 24.9 Å². The highest BCUT2D eigenvalue weighted by Crippen LogP contribution is 2.12. The predicted molar refractivity (Wildman–Crippen MR) is 101 cm³/mol. The number of benzene rings is 1. The quantitative estimate of drug-likeness (QED) is 0.619. The first-order valence-electron chi connectivity index (χ1n) is 8.70. The van der Waals surface area contributed by atoms with Crippen LogP contribution in [0.15, 0.2) is 42.5 Å². The van der Waals surface area contributed by atoms with E-state index in [0.717, 1.165) is 17.8 Å². The van der Waals surface area contributed by atoms with E-state index in [0.29, 0.717) is 18.8 Å². The van der Waals surface area contributed by atoms with Crippen molar-refractivity contribution in [3.63, 3.8) is 0 Å². The van der Waals surface area contributed by atoms with E-state index in [2.05, 4.69) is 15.5 Å². The molecule has 27 heavy (non-hydrogen) atoms. The lowest BCUT2D eigenvalue weighted by Crippen LogP contribution is -2.26. The van der Waals surface area contributed by atoms with Gasteiger partial charge in [-0.25, -0.2) is 4.68 Å². The maximum atomic E-state index is 12.4. The number of para-hydroxylation sites is 1. The molecule has 0 aliphatic heterocycles. The number of carbonyl (C=O) groups excluding carboxylic acids is 2. The molecular weight excluding hydrogens is 344 g/mol. The number of carbonyl (C=O) groups is 2. The molecule has 2 amide bonds. The van der Waals surface area contributed by atoms with Gasteiger partial charge >= 0.3 is 0 Å². The largest absolute Gasteiger partial charge is 0.364 e. The molecule has 2 heterocycles. The molecule has 8 heteroatoms. The Hall–Kier alpha value is -3.42. The molecule has 0 unspecified atom stereocenters. The Morgan fingerprint density at radius 1 is 1.11 bits per heavy atom. The summed E-state index contributed by atoms with van der Waals surface area (Å²) in [5.74, 6) is -0.990. The highest BCUT2D eigenvalue weighted by atomic mass is 16.2. The van der Waals surface area contributed by atoms with Crippen molar-refractivity contribution in [1.29, 1.82) is 0 Å². The van der Waals surface area contributed by atoms with Gasteiger partial charge in [-0.3, -0.25) is 14.3 Å². The van der Waals surface area contributed by atoms with Crippen LogP contribution >= 0.6 is 0 Å². The van der Waals surface area contributed by atoms with Gasteiger partial charge in [0.05, 0.1) is 11.4 Å². The van der Waals surface area contributed by atoms with Crippen LogP contribution in [0, 0.1) is 13.8 Å². The van der Waals surface area contributed by atoms with Gasteiger partial charge in [-0.15, -0.1) is 0 Å². The number of hydrogen-bond acceptors (Lipinski definition) is 4. The van der Waals surface area contributed by atoms with Gasteiger partial charge in [0.15, 0.2) is 5.69 Å². The molecule has 0 aliphatic carbocycles. The maximum absolute atomic E-state index is 12.4. The third-order valence-corrected chi connectivity index (χ3v) is 4.13. The van der Waals surface area contributed by atoms with Crippen molar-refractivity contribution < 1.29 is 9.59 Å². The molecule has 0 aliphatic rings. The van der Waals surface area contributed by atoms with Crippen LogP contribution in [0.25, 0.3) is 5.69 Å². The minimum atomic E-state index is -0.644. The molecule has 0 radical (unpaired) electrons. The van der Waals surface area contributed by atoms with Crippen molar-refractivity contribution in [3.8, 4) is 5.69 Å². The summed E-state index contributed by atoms with van der Waals surface area (Å²) in [5.41, 5.74) is 8.46. The zero-order chi connectivity index (χ0) is 19.4. The molecule has 140 valence electrons. The van der Waals surface area contributed by atoms with E-state index in [1.54, 1.807) is 12.1 Å². The number of aromatic nitrogens is 4. The topological polar surface area (TPSA) is 108 Å². The number of amides is 2. The van der Waals surface area contributed by atoms with Gasteiger partial charge < -0.3 is 11.1 Å². The minimum Gasteiger partial charge on any atom is -0.364 e. The predicted octanol–water partition coefficient (Wildman–Crippen LogP) is 1.60. The van der Waals surface area contributed by atoms with E-state index in [9.17, 15) is 9.59 Å². The zero-order valence-electron chi connectivity index (χ0n) is 15.3. The SMILES string of the molecule is Cc1cc(C)n(CCCNC(=O)c2cc(C(N)=O)n(-c3ccccc3)n2)n1. The van der Waals surface area contributed by atoms with Crippen LogP contribution in [0.2, 0.25) is 0 Å². The minimum absolute atomic E-state index is 0.152. The number of primary amides is 1. The fourth-order valence-corrected chi connectivity index (χ4v) is 2.86. The summed E-state index contributed by atoms with van der Waals surface area (Å²) in [6, 6.07) is 12.5. The number of rotatable bonds is 7. The number of aryl methyl sites for hydroxylation is 3. The van der Waals surface area contributed by atoms with Crippen LogP contribution in [-0.4, -0.2) is 37.9 Å². The standard InChI is InChI=1S/C19H22N6O2/c1-13-11-14(2)24(22-13)10-6-9-21-19(27)16-12-17(18(20)26)25(23-16)15-7-4-3-5-8-15/h3-5,7-8,11-12H,6,9-10H2,1-2H3,(H2,20,26)(H,21,27). The average Bonchev–Trinajstić information content (AvgIpc) is 3.23. The van der Waals surface area contributed by atoms with Crippen LogP contribution < -0.4 is 11.1 Å². The summed E-state index contributed by atoms with van der Waals surface area (Å²) in [6.07, 6.45) is 0.732. The summed E-state index contributed by atoms with van der Waals surface area (Å²) >= 11 is 0. The van der Waals surface area contributed by atoms with Crippen LogP contribution in [0.5, 0.6) is 0 Å². The Morgan fingerprint density at radius 2 is 1.85 bits per heavy atom. The summed E-state index contributed by atoms with van der Waals surface area (Å²) < 4.78 is 3.30. The van der Waals surface area contributed by atoms with E-state index in [1.165, 1.54) is 10.7 Å². The van der Waals surface area contributed by atoms with Gasteiger partial charge in [-0.05, 0) is 38.5 Å². The highest BCUT2D eigenvalue weighted by molar-refractivity contribution is 5.97. The average molecular weight is 366 g/mol. The third-order valence-electron chi connectivity index (χ3n) is 4.13. The number of nitrogens with two attached hydrogens (primary N) is 1. The summed E-state index contributed by atoms with van der Waals surface area (Å²) in [6.45, 7) is 5.14. The van der Waals surface area contributed by atoms with Crippen LogP contribution in [-0.2, 0) is 6.54 Å². The van der Waals surface area contributed by atoms with Crippen LogP contribution in [0.4, 0.5) is 0 Å². The van der Waals surface area contributed by atoms with Gasteiger partial charge in [0.2, 0.25) is 0 Å². The van der Waals surface area contributed by atoms with Gasteiger partial charge in [0.1, 0.15) is 5.69 Å². The molecule has 0 saturated carbocycles. The molecule has 0 fully saturated rings. The maximum Gasteiger partial charge on any atom is 0.271 e. The second kappa shape index (κ2) is 7.86. The Balaban J connectivity index is 1.64. The van der Waals surface area contributed by atoms with E-state index in [4.69, 9.17) is 5.73 Å². The van der Waals surface area contributed by atoms with Gasteiger partial charge in [0.25, 0.3) is 11.8 Å². The first-order valence-corrected chi connectivity index (χ1v) is 8.70. The third kappa shape index (κ3) is 4.22. The molecule has 3 aromatic rings. The van der Waals surface area contributed by atoms with Crippen LogP contribution in [0.1, 0.15) is 38.8 Å². The first kappa shape index (κ1) is 18.4. The molecule has 0 bridgehead atoms. The van der Waals surface area contributed by atoms with E-state index < -0.39 is 5.91 Å². The van der Waals surface area contributed by atoms with Gasteiger partial charge in [-0.1, -0.05) is 18.2 Å². The molecule has 3 rings (SSSR count). The Kier molecular flexibility index (Phi) is 5.35. The van der Waals surface area contributed by atoms with Crippen molar-refractivity contribution in [2.45, 2.75) is 26.8 Å². The van der Waals surface area contributed by atoms with Crippen molar-refractivity contribution in [2.75, 3.05) is 6.54 Å². The van der Waals surface area contributed by atoms with Crippen molar-refractivity contribution >= 4 is 11.8 Å². The monoisotopic (exact) mass is 366 g/mol. The summed E-state index contributed by atoms with van der Waals surface area (Å²) in [7, 11) is 0. The summed E-state index contributed by atoms with van der Waals surface area (Å²) in [4.78, 5) is 24.1. The fraction of sp³-hybridized carbons (Fsp3) is 0.263. The Morgan fingerprint density at radius 3 is 2.48 bits per heavy atom. The smallest absolute Gasteiger partial charge is 0.271 e. The lowest BCUT2D eigenvalue weighted by molar-refractivity contribution is 0.0946. The van der Waals surface area contributed by atoms with E-state index in [1.807, 2.05) is 42.8 Å². The van der Waals surface area contributed by atoms with Crippen molar-refractivity contribution in [2.24, 2.45) is 5.73 Å². The second-order valence-corrected chi connectivity index (χ2v) is 6.29. The highest BCUT2D eigenvalue weighted by Gasteiger charge is 2.18. The van der Waals surface area contributed by atoms with E-state index >= 15 is 0 Å². The molecule has 3 N–H and O–H groups in total. The summed E-state index contributed by atoms with van der Waals surface area (Å²) in [5, 5.41) is 11.5. The number of nitrogens with zero attached hydrogens (tertiary/aromatic N) is 4. The Labute approximate surface area is 157 Å². The molecule has 2 aromatic heterocycles. The Bertz CT molecular complexity index is 958. The van der Waals surface area contributed by atoms with Crippen molar-refractivity contribution in [3.05, 3.63) is 65.2 Å². The number of nitrogens with one attached hydrogen (secondary N) is 1. The molecule has 0 spiro atoms. The van der Waals surface area contributed by atoms with Crippen LogP contribution in [0.3, 0.4) is 0 Å². The van der Waals surface area contributed by atoms with Gasteiger partial charge in [0, 0.05) is 24.8 Å². The second-order valence-electron chi connectivity index (χ2n) is 6.29. The molecule has 8 nitrogen and oxygen atoms in total. The molecule has 0 atom stereocenters. The van der Waals surface area contributed by atoms with E-state index in [-0.39, 0.29) is 17.3 Å². The first-order chi connectivity index (χ1) is 13.0. The fourth-order valence-electron chi connectivity index (χ4n) is 2.86.